The topological polar surface area (TPSA) is 26.0 Å². The predicted molar refractivity (Wildman–Crippen MR) is 116 cm³/mol. The maximum Gasteiger partial charge on any atom is 0.144 e. The van der Waals surface area contributed by atoms with Crippen molar-refractivity contribution in [3.05, 3.63) is 65.2 Å². The highest BCUT2D eigenvalue weighted by Gasteiger charge is 2.18. The molecule has 0 atom stereocenters. The molecule has 0 fully saturated rings. The van der Waals surface area contributed by atoms with Crippen LogP contribution in [-0.2, 0) is 5.41 Å². The van der Waals surface area contributed by atoms with Crippen LogP contribution in [0.1, 0.15) is 31.9 Å². The molecule has 0 N–H and O–H groups in total. The highest BCUT2D eigenvalue weighted by atomic mass is 32.1. The Hall–Kier alpha value is -2.65. The van der Waals surface area contributed by atoms with Crippen molar-refractivity contribution in [2.75, 3.05) is 0 Å². The van der Waals surface area contributed by atoms with Crippen LogP contribution in [0, 0.1) is 6.92 Å². The summed E-state index contributed by atoms with van der Waals surface area (Å²) in [6, 6.07) is 15.2. The molecule has 134 valence electrons. The lowest BCUT2D eigenvalue weighted by Crippen LogP contribution is -2.11. The lowest BCUT2D eigenvalue weighted by atomic mass is 9.88. The van der Waals surface area contributed by atoms with Crippen molar-refractivity contribution < 1.29 is 4.42 Å². The van der Waals surface area contributed by atoms with Crippen molar-refractivity contribution in [1.82, 2.24) is 4.98 Å². The minimum atomic E-state index is 0.0946. The third-order valence-corrected chi connectivity index (χ3v) is 6.10. The van der Waals surface area contributed by atoms with Crippen molar-refractivity contribution in [3.63, 3.8) is 0 Å². The summed E-state index contributed by atoms with van der Waals surface area (Å²) in [5.74, 6) is 0. The van der Waals surface area contributed by atoms with E-state index in [9.17, 15) is 0 Å². The van der Waals surface area contributed by atoms with Crippen LogP contribution < -0.4 is 0 Å². The van der Waals surface area contributed by atoms with E-state index in [2.05, 4.69) is 75.5 Å². The van der Waals surface area contributed by atoms with Crippen molar-refractivity contribution in [2.45, 2.75) is 33.1 Å². The quantitative estimate of drug-likeness (QED) is 0.305. The molecule has 0 aliphatic carbocycles. The van der Waals surface area contributed by atoms with Gasteiger partial charge in [-0.2, -0.15) is 0 Å². The van der Waals surface area contributed by atoms with Crippen molar-refractivity contribution in [2.24, 2.45) is 0 Å². The summed E-state index contributed by atoms with van der Waals surface area (Å²) in [4.78, 5) is 4.77. The number of aromatic nitrogens is 1. The van der Waals surface area contributed by atoms with E-state index in [1.807, 2.05) is 6.20 Å². The van der Waals surface area contributed by atoms with Gasteiger partial charge in [-0.1, -0.05) is 26.8 Å². The summed E-state index contributed by atoms with van der Waals surface area (Å²) in [6.07, 6.45) is 1.99. The van der Waals surface area contributed by atoms with Crippen LogP contribution in [0.15, 0.2) is 58.5 Å². The fourth-order valence-electron chi connectivity index (χ4n) is 3.71. The zero-order chi connectivity index (χ0) is 18.8. The number of pyridine rings is 1. The van der Waals surface area contributed by atoms with E-state index >= 15 is 0 Å². The van der Waals surface area contributed by atoms with E-state index < -0.39 is 0 Å². The van der Waals surface area contributed by atoms with Gasteiger partial charge in [-0.15, -0.1) is 11.3 Å². The number of benzene rings is 2. The van der Waals surface area contributed by atoms with E-state index in [0.29, 0.717) is 0 Å². The average Bonchev–Trinajstić information content (AvgIpc) is 3.24. The van der Waals surface area contributed by atoms with Gasteiger partial charge >= 0.3 is 0 Å². The van der Waals surface area contributed by atoms with Gasteiger partial charge in [-0.25, -0.2) is 0 Å². The molecule has 0 spiro atoms. The summed E-state index contributed by atoms with van der Waals surface area (Å²) in [5.41, 5.74) is 6.46. The largest absolute Gasteiger partial charge is 0.455 e. The molecule has 0 aliphatic heterocycles. The fraction of sp³-hybridized carbons (Fsp3) is 0.208. The van der Waals surface area contributed by atoms with Crippen molar-refractivity contribution in [3.8, 4) is 11.3 Å². The second-order valence-electron chi connectivity index (χ2n) is 8.25. The minimum Gasteiger partial charge on any atom is -0.455 e. The first kappa shape index (κ1) is 16.5. The van der Waals surface area contributed by atoms with Gasteiger partial charge in [0.25, 0.3) is 0 Å². The number of hydrogen-bond donors (Lipinski definition) is 0. The molecular weight excluding hydrogens is 350 g/mol. The van der Waals surface area contributed by atoms with Gasteiger partial charge in [-0.3, -0.25) is 4.98 Å². The Morgan fingerprint density at radius 1 is 0.889 bits per heavy atom. The van der Waals surface area contributed by atoms with Crippen molar-refractivity contribution in [1.29, 1.82) is 0 Å². The van der Waals surface area contributed by atoms with Gasteiger partial charge in [0, 0.05) is 32.6 Å². The van der Waals surface area contributed by atoms with Gasteiger partial charge < -0.3 is 4.42 Å². The molecule has 0 bridgehead atoms. The molecule has 5 aromatic rings. The molecule has 0 unspecified atom stereocenters. The molecule has 3 aromatic heterocycles. The lowest BCUT2D eigenvalue weighted by Gasteiger charge is -2.18. The Kier molecular flexibility index (Phi) is 3.47. The van der Waals surface area contributed by atoms with Gasteiger partial charge in [-0.05, 0) is 65.2 Å². The molecular formula is C24H21NOS. The molecule has 3 heteroatoms. The number of aryl methyl sites for hydroxylation is 1. The van der Waals surface area contributed by atoms with Gasteiger partial charge in [0.2, 0.25) is 0 Å². The number of fused-ring (bicyclic) bond motifs is 5. The summed E-state index contributed by atoms with van der Waals surface area (Å²) in [7, 11) is 0. The van der Waals surface area contributed by atoms with Crippen LogP contribution in [0.3, 0.4) is 0 Å². The van der Waals surface area contributed by atoms with Crippen LogP contribution in [0.25, 0.3) is 43.3 Å². The molecule has 0 radical (unpaired) electrons. The van der Waals surface area contributed by atoms with Crippen LogP contribution in [0.2, 0.25) is 0 Å². The Bertz CT molecular complexity index is 1300. The molecule has 0 amide bonds. The number of furan rings is 1. The lowest BCUT2D eigenvalue weighted by molar-refractivity contribution is 0.587. The minimum absolute atomic E-state index is 0.0946. The monoisotopic (exact) mass is 371 g/mol. The SMILES string of the molecule is Cc1cc(-c2ccc(C(C)(C)C)cn2)c2oc3c4ccsc4ccc3c2c1. The maximum absolute atomic E-state index is 6.43. The third kappa shape index (κ3) is 2.57. The van der Waals surface area contributed by atoms with E-state index in [1.165, 1.54) is 26.6 Å². The molecule has 0 saturated carbocycles. The second kappa shape index (κ2) is 5.67. The summed E-state index contributed by atoms with van der Waals surface area (Å²) in [5, 5.41) is 5.64. The molecule has 0 aliphatic rings. The average molecular weight is 372 g/mol. The maximum atomic E-state index is 6.43. The van der Waals surface area contributed by atoms with E-state index in [4.69, 9.17) is 9.40 Å². The first-order chi connectivity index (χ1) is 12.9. The zero-order valence-corrected chi connectivity index (χ0v) is 16.8. The molecule has 5 rings (SSSR count). The number of nitrogens with zero attached hydrogens (tertiary/aromatic N) is 1. The van der Waals surface area contributed by atoms with E-state index in [1.54, 1.807) is 11.3 Å². The Labute approximate surface area is 162 Å². The van der Waals surface area contributed by atoms with Crippen LogP contribution in [0.5, 0.6) is 0 Å². The van der Waals surface area contributed by atoms with Gasteiger partial charge in [0.1, 0.15) is 11.2 Å². The normalized spacial score (nSPS) is 12.4. The standard InChI is InChI=1S/C24H21NOS/c1-14-11-18-16-6-8-21-17(9-10-27-21)22(16)26-23(18)19(12-14)20-7-5-15(13-25-20)24(2,3)4/h5-13H,1-4H3. The third-order valence-electron chi connectivity index (χ3n) is 5.22. The van der Waals surface area contributed by atoms with E-state index in [0.717, 1.165) is 27.8 Å². The molecule has 27 heavy (non-hydrogen) atoms. The Morgan fingerprint density at radius 2 is 1.74 bits per heavy atom. The van der Waals surface area contributed by atoms with Crippen LogP contribution in [0.4, 0.5) is 0 Å². The van der Waals surface area contributed by atoms with Crippen molar-refractivity contribution >= 4 is 43.4 Å². The summed E-state index contributed by atoms with van der Waals surface area (Å²) < 4.78 is 7.69. The molecule has 2 aromatic carbocycles. The number of hydrogen-bond acceptors (Lipinski definition) is 3. The summed E-state index contributed by atoms with van der Waals surface area (Å²) in [6.45, 7) is 8.76. The highest BCUT2D eigenvalue weighted by molar-refractivity contribution is 7.17. The van der Waals surface area contributed by atoms with E-state index in [-0.39, 0.29) is 5.41 Å². The fourth-order valence-corrected chi connectivity index (χ4v) is 4.50. The number of rotatable bonds is 1. The smallest absolute Gasteiger partial charge is 0.144 e. The predicted octanol–water partition coefficient (Wildman–Crippen LogP) is 7.47. The molecule has 3 heterocycles. The Morgan fingerprint density at radius 3 is 2.48 bits per heavy atom. The van der Waals surface area contributed by atoms with Gasteiger partial charge in [0.05, 0.1) is 5.69 Å². The highest BCUT2D eigenvalue weighted by Crippen LogP contribution is 2.40. The summed E-state index contributed by atoms with van der Waals surface area (Å²) >= 11 is 1.75. The van der Waals surface area contributed by atoms with Gasteiger partial charge in [0.15, 0.2) is 0 Å². The molecule has 0 saturated heterocycles. The van der Waals surface area contributed by atoms with Crippen LogP contribution >= 0.6 is 11.3 Å². The first-order valence-corrected chi connectivity index (χ1v) is 10.1. The second-order valence-corrected chi connectivity index (χ2v) is 9.20. The first-order valence-electron chi connectivity index (χ1n) is 9.22. The van der Waals surface area contributed by atoms with Crippen LogP contribution in [-0.4, -0.2) is 4.98 Å². The number of thiophene rings is 1. The molecule has 2 nitrogen and oxygen atoms in total. The Balaban J connectivity index is 1.80. The zero-order valence-electron chi connectivity index (χ0n) is 16.0.